The highest BCUT2D eigenvalue weighted by atomic mass is 16.4. The van der Waals surface area contributed by atoms with E-state index in [1.165, 1.54) is 0 Å². The molecule has 1 saturated carbocycles. The van der Waals surface area contributed by atoms with Crippen molar-refractivity contribution in [3.05, 3.63) is 18.7 Å². The van der Waals surface area contributed by atoms with E-state index in [9.17, 15) is 4.79 Å². The highest BCUT2D eigenvalue weighted by Crippen LogP contribution is 2.31. The first-order valence-corrected chi connectivity index (χ1v) is 5.38. The minimum absolute atomic E-state index is 0.0514. The molecule has 0 bridgehead atoms. The van der Waals surface area contributed by atoms with E-state index in [1.807, 2.05) is 0 Å². The maximum Gasteiger partial charge on any atom is 0.323 e. The van der Waals surface area contributed by atoms with Crippen LogP contribution in [-0.2, 0) is 4.79 Å². The van der Waals surface area contributed by atoms with Crippen LogP contribution in [0.5, 0.6) is 0 Å². The van der Waals surface area contributed by atoms with Crippen molar-refractivity contribution in [2.75, 3.05) is 11.4 Å². The van der Waals surface area contributed by atoms with E-state index in [1.54, 1.807) is 28.0 Å². The zero-order chi connectivity index (χ0) is 11.8. The molecule has 88 valence electrons. The molecule has 0 unspecified atom stereocenters. The van der Waals surface area contributed by atoms with Crippen LogP contribution in [0.25, 0.3) is 5.65 Å². The van der Waals surface area contributed by atoms with Crippen molar-refractivity contribution in [3.8, 4) is 0 Å². The van der Waals surface area contributed by atoms with Gasteiger partial charge in [-0.15, -0.1) is 10.2 Å². The second kappa shape index (κ2) is 3.69. The standard InChI is InChI=1S/C10H11N5O2/c16-8(17)5-15(7-1-2-7)9-10-13-12-6-14(10)4-3-11-9/h3-4,6-7H,1-2,5H2,(H,16,17). The van der Waals surface area contributed by atoms with E-state index in [-0.39, 0.29) is 12.6 Å². The Morgan fingerprint density at radius 3 is 3.12 bits per heavy atom. The monoisotopic (exact) mass is 233 g/mol. The first kappa shape index (κ1) is 10.0. The number of nitrogens with zero attached hydrogens (tertiary/aromatic N) is 5. The third-order valence-electron chi connectivity index (χ3n) is 2.76. The van der Waals surface area contributed by atoms with Crippen molar-refractivity contribution < 1.29 is 9.90 Å². The largest absolute Gasteiger partial charge is 0.480 e. The Balaban J connectivity index is 2.04. The average molecular weight is 233 g/mol. The van der Waals surface area contributed by atoms with Crippen LogP contribution < -0.4 is 4.90 Å². The molecule has 2 heterocycles. The molecule has 0 aromatic carbocycles. The quantitative estimate of drug-likeness (QED) is 0.810. The number of aromatic nitrogens is 4. The molecular weight excluding hydrogens is 222 g/mol. The first-order valence-electron chi connectivity index (χ1n) is 5.38. The molecule has 0 aliphatic heterocycles. The van der Waals surface area contributed by atoms with Crippen LogP contribution in [0.1, 0.15) is 12.8 Å². The summed E-state index contributed by atoms with van der Waals surface area (Å²) in [6, 6.07) is 0.265. The summed E-state index contributed by atoms with van der Waals surface area (Å²) in [5, 5.41) is 16.7. The average Bonchev–Trinajstić information content (AvgIpc) is 3.02. The predicted octanol–water partition coefficient (Wildman–Crippen LogP) is 0.178. The van der Waals surface area contributed by atoms with Gasteiger partial charge in [-0.1, -0.05) is 0 Å². The van der Waals surface area contributed by atoms with Crippen LogP contribution >= 0.6 is 0 Å². The van der Waals surface area contributed by atoms with Crippen molar-refractivity contribution >= 4 is 17.4 Å². The molecule has 0 radical (unpaired) electrons. The topological polar surface area (TPSA) is 83.6 Å². The van der Waals surface area contributed by atoms with Gasteiger partial charge >= 0.3 is 5.97 Å². The molecule has 1 aliphatic carbocycles. The number of anilines is 1. The summed E-state index contributed by atoms with van der Waals surface area (Å²) in [6.07, 6.45) is 6.95. The third kappa shape index (κ3) is 1.79. The van der Waals surface area contributed by atoms with E-state index in [4.69, 9.17) is 5.11 Å². The Bertz CT molecular complexity index is 563. The van der Waals surface area contributed by atoms with Crippen molar-refractivity contribution in [1.29, 1.82) is 0 Å². The van der Waals surface area contributed by atoms with E-state index in [0.717, 1.165) is 12.8 Å². The van der Waals surface area contributed by atoms with Crippen molar-refractivity contribution in [1.82, 2.24) is 19.6 Å². The predicted molar refractivity (Wildman–Crippen MR) is 58.8 cm³/mol. The van der Waals surface area contributed by atoms with Crippen LogP contribution in [0.3, 0.4) is 0 Å². The molecule has 7 heteroatoms. The summed E-state index contributed by atoms with van der Waals surface area (Å²) in [5.41, 5.74) is 0.598. The highest BCUT2D eigenvalue weighted by Gasteiger charge is 2.32. The molecule has 0 spiro atoms. The normalized spacial score (nSPS) is 15.1. The fraction of sp³-hybridized carbons (Fsp3) is 0.400. The van der Waals surface area contributed by atoms with Gasteiger partial charge in [0.25, 0.3) is 0 Å². The second-order valence-electron chi connectivity index (χ2n) is 4.07. The number of hydrogen-bond acceptors (Lipinski definition) is 5. The van der Waals surface area contributed by atoms with Gasteiger partial charge in [0.15, 0.2) is 5.82 Å². The number of carboxylic acids is 1. The van der Waals surface area contributed by atoms with Crippen molar-refractivity contribution in [2.24, 2.45) is 0 Å². The molecule has 1 fully saturated rings. The van der Waals surface area contributed by atoms with Gasteiger partial charge in [0, 0.05) is 18.4 Å². The Morgan fingerprint density at radius 1 is 1.59 bits per heavy atom. The lowest BCUT2D eigenvalue weighted by Crippen LogP contribution is -2.32. The van der Waals surface area contributed by atoms with Gasteiger partial charge in [0.1, 0.15) is 12.9 Å². The first-order chi connectivity index (χ1) is 8.25. The number of aliphatic carboxylic acids is 1. The number of hydrogen-bond donors (Lipinski definition) is 1. The summed E-state index contributed by atoms with van der Waals surface area (Å²) < 4.78 is 1.74. The minimum atomic E-state index is -0.861. The van der Waals surface area contributed by atoms with Gasteiger partial charge in [-0.05, 0) is 12.8 Å². The zero-order valence-corrected chi connectivity index (χ0v) is 9.02. The van der Waals surface area contributed by atoms with Crippen LogP contribution in [0, 0.1) is 0 Å². The molecular formula is C10H11N5O2. The molecule has 17 heavy (non-hydrogen) atoms. The fourth-order valence-corrected chi connectivity index (χ4v) is 1.86. The number of fused-ring (bicyclic) bond motifs is 1. The zero-order valence-electron chi connectivity index (χ0n) is 9.02. The molecule has 1 N–H and O–H groups in total. The lowest BCUT2D eigenvalue weighted by atomic mass is 10.4. The Morgan fingerprint density at radius 2 is 2.41 bits per heavy atom. The van der Waals surface area contributed by atoms with Crippen LogP contribution in [0.2, 0.25) is 0 Å². The Kier molecular flexibility index (Phi) is 2.17. The maximum atomic E-state index is 10.9. The summed E-state index contributed by atoms with van der Waals surface area (Å²) in [6.45, 7) is -0.0514. The van der Waals surface area contributed by atoms with E-state index >= 15 is 0 Å². The Hall–Kier alpha value is -2.18. The van der Waals surface area contributed by atoms with Gasteiger partial charge in [-0.25, -0.2) is 4.98 Å². The summed E-state index contributed by atoms with van der Waals surface area (Å²) in [4.78, 5) is 16.9. The lowest BCUT2D eigenvalue weighted by Gasteiger charge is -2.20. The summed E-state index contributed by atoms with van der Waals surface area (Å²) >= 11 is 0. The number of carboxylic acid groups (broad SMARTS) is 1. The van der Waals surface area contributed by atoms with E-state index < -0.39 is 5.97 Å². The maximum absolute atomic E-state index is 10.9. The van der Waals surface area contributed by atoms with Gasteiger partial charge in [-0.3, -0.25) is 9.20 Å². The van der Waals surface area contributed by atoms with Gasteiger partial charge < -0.3 is 10.0 Å². The fourth-order valence-electron chi connectivity index (χ4n) is 1.86. The molecule has 1 aliphatic rings. The van der Waals surface area contributed by atoms with Gasteiger partial charge in [-0.2, -0.15) is 0 Å². The molecule has 3 rings (SSSR count). The minimum Gasteiger partial charge on any atom is -0.480 e. The van der Waals surface area contributed by atoms with Crippen LogP contribution in [-0.4, -0.2) is 43.2 Å². The number of carbonyl (C=O) groups is 1. The molecule has 7 nitrogen and oxygen atoms in total. The lowest BCUT2D eigenvalue weighted by molar-refractivity contribution is -0.135. The summed E-state index contributed by atoms with van der Waals surface area (Å²) in [5.74, 6) is -0.268. The molecule has 2 aromatic rings. The van der Waals surface area contributed by atoms with Gasteiger partial charge in [0.2, 0.25) is 5.65 Å². The molecule has 0 atom stereocenters. The van der Waals surface area contributed by atoms with Crippen LogP contribution in [0.15, 0.2) is 18.7 Å². The number of rotatable bonds is 4. The molecule has 2 aromatic heterocycles. The molecule has 0 saturated heterocycles. The smallest absolute Gasteiger partial charge is 0.323 e. The second-order valence-corrected chi connectivity index (χ2v) is 4.07. The molecule has 0 amide bonds. The van der Waals surface area contributed by atoms with Crippen LogP contribution in [0.4, 0.5) is 5.82 Å². The summed E-state index contributed by atoms with van der Waals surface area (Å²) in [7, 11) is 0. The SMILES string of the molecule is O=C(O)CN(c1nccn2cnnc12)C1CC1. The Labute approximate surface area is 96.7 Å². The third-order valence-corrected chi connectivity index (χ3v) is 2.76. The highest BCUT2D eigenvalue weighted by molar-refractivity contribution is 5.76. The van der Waals surface area contributed by atoms with Crippen molar-refractivity contribution in [2.45, 2.75) is 18.9 Å². The van der Waals surface area contributed by atoms with Crippen molar-refractivity contribution in [3.63, 3.8) is 0 Å². The van der Waals surface area contributed by atoms with E-state index in [0.29, 0.717) is 11.5 Å². The van der Waals surface area contributed by atoms with E-state index in [2.05, 4.69) is 15.2 Å². The van der Waals surface area contributed by atoms with Gasteiger partial charge in [0.05, 0.1) is 0 Å².